The van der Waals surface area contributed by atoms with Crippen LogP contribution in [0.1, 0.15) is 12.5 Å². The zero-order valence-electron chi connectivity index (χ0n) is 17.7. The lowest BCUT2D eigenvalue weighted by molar-refractivity contribution is -0.137. The fourth-order valence-corrected chi connectivity index (χ4v) is 4.40. The summed E-state index contributed by atoms with van der Waals surface area (Å²) in [7, 11) is 1.42. The Hall–Kier alpha value is -2.85. The number of hydrogen-bond acceptors (Lipinski definition) is 4. The van der Waals surface area contributed by atoms with Crippen molar-refractivity contribution in [2.45, 2.75) is 18.0 Å². The second kappa shape index (κ2) is 10.4. The number of methoxy groups -OCH3 is 1. The van der Waals surface area contributed by atoms with Crippen molar-refractivity contribution < 1.29 is 22.7 Å². The number of benzene rings is 2. The van der Waals surface area contributed by atoms with Crippen LogP contribution in [0.4, 0.5) is 18.0 Å². The normalized spacial score (nSPS) is 11.5. The number of hydrogen-bond donors (Lipinski definition) is 3. The van der Waals surface area contributed by atoms with Gasteiger partial charge in [-0.05, 0) is 43.3 Å². The summed E-state index contributed by atoms with van der Waals surface area (Å²) in [5, 5.41) is 5.78. The molecule has 0 unspecified atom stereocenters. The number of aromatic amines is 1. The van der Waals surface area contributed by atoms with Crippen LogP contribution in [0.2, 0.25) is 5.02 Å². The molecule has 0 bridgehead atoms. The molecule has 0 spiro atoms. The highest BCUT2D eigenvalue weighted by Gasteiger charge is 2.31. The maximum atomic E-state index is 13.5. The third-order valence-corrected chi connectivity index (χ3v) is 6.02. The van der Waals surface area contributed by atoms with Crippen molar-refractivity contribution in [1.82, 2.24) is 15.6 Å². The Balaban J connectivity index is 2.17. The molecule has 1 heterocycles. The molecule has 1 aromatic heterocycles. The van der Waals surface area contributed by atoms with Gasteiger partial charge in [0.1, 0.15) is 5.75 Å². The number of aromatic nitrogens is 1. The molecule has 0 atom stereocenters. The Morgan fingerprint density at radius 1 is 1.18 bits per heavy atom. The van der Waals surface area contributed by atoms with Gasteiger partial charge in [0.2, 0.25) is 0 Å². The molecule has 0 aliphatic carbocycles. The summed E-state index contributed by atoms with van der Waals surface area (Å²) in [6.07, 6.45) is -4.57. The lowest BCUT2D eigenvalue weighted by atomic mass is 9.98. The molecule has 0 aliphatic heterocycles. The first kappa shape index (κ1) is 24.8. The van der Waals surface area contributed by atoms with Crippen LogP contribution in [-0.2, 0) is 6.18 Å². The number of halogens is 4. The quantitative estimate of drug-likeness (QED) is 0.305. The molecular weight excluding hydrogens is 479 g/mol. The summed E-state index contributed by atoms with van der Waals surface area (Å²) in [6.45, 7) is 2.48. The highest BCUT2D eigenvalue weighted by Crippen LogP contribution is 2.42. The maximum absolute atomic E-state index is 13.5. The number of ether oxygens (including phenoxy) is 1. The number of nitrogens with one attached hydrogen (secondary N) is 3. The molecule has 0 saturated heterocycles. The monoisotopic (exact) mass is 499 g/mol. The number of pyridine rings is 1. The van der Waals surface area contributed by atoms with Gasteiger partial charge in [0.15, 0.2) is 0 Å². The van der Waals surface area contributed by atoms with Gasteiger partial charge in [-0.15, -0.1) is 11.8 Å². The Labute approximate surface area is 196 Å². The molecular formula is C22H21ClF3N3O3S. The van der Waals surface area contributed by atoms with E-state index >= 15 is 0 Å². The SMILES string of the molecule is CCNC(=O)NCCSc1c(-c2cc(Cl)ccc2OC)c2cc(C(F)(F)F)ccc2[nH]c1=O. The van der Waals surface area contributed by atoms with Crippen molar-refractivity contribution in [2.75, 3.05) is 26.0 Å². The third kappa shape index (κ3) is 5.75. The zero-order chi connectivity index (χ0) is 24.2. The van der Waals surface area contributed by atoms with Crippen LogP contribution in [-0.4, -0.2) is 37.0 Å². The molecule has 3 N–H and O–H groups in total. The Morgan fingerprint density at radius 3 is 2.61 bits per heavy atom. The molecule has 3 aromatic rings. The Morgan fingerprint density at radius 2 is 1.94 bits per heavy atom. The minimum atomic E-state index is -4.57. The number of thioether (sulfide) groups is 1. The molecule has 33 heavy (non-hydrogen) atoms. The van der Waals surface area contributed by atoms with Crippen LogP contribution in [0.5, 0.6) is 5.75 Å². The minimum absolute atomic E-state index is 0.195. The highest BCUT2D eigenvalue weighted by molar-refractivity contribution is 7.99. The number of urea groups is 1. The van der Waals surface area contributed by atoms with Gasteiger partial charge in [-0.1, -0.05) is 11.6 Å². The summed E-state index contributed by atoms with van der Waals surface area (Å²) < 4.78 is 45.8. The van der Waals surface area contributed by atoms with Gasteiger partial charge < -0.3 is 20.4 Å². The first-order valence-corrected chi connectivity index (χ1v) is 11.3. The molecule has 176 valence electrons. The van der Waals surface area contributed by atoms with Gasteiger partial charge in [-0.3, -0.25) is 4.79 Å². The topological polar surface area (TPSA) is 83.2 Å². The van der Waals surface area contributed by atoms with E-state index in [2.05, 4.69) is 15.6 Å². The van der Waals surface area contributed by atoms with Crippen molar-refractivity contribution in [2.24, 2.45) is 0 Å². The standard InChI is InChI=1S/C22H21ClF3N3O3S/c1-3-27-21(31)28-8-9-33-19-18(15-11-13(23)5-7-17(15)32-2)14-10-12(22(24,25)26)4-6-16(14)29-20(19)30/h4-7,10-11H,3,8-9H2,1-2H3,(H,29,30)(H2,27,28,31). The average Bonchev–Trinajstić information content (AvgIpc) is 2.75. The molecule has 2 amide bonds. The smallest absolute Gasteiger partial charge is 0.416 e. The molecule has 0 saturated carbocycles. The molecule has 0 aliphatic rings. The maximum Gasteiger partial charge on any atom is 0.416 e. The van der Waals surface area contributed by atoms with E-state index in [0.717, 1.165) is 23.9 Å². The number of carbonyl (C=O) groups is 1. The fourth-order valence-electron chi connectivity index (χ4n) is 3.27. The molecule has 2 aromatic carbocycles. The van der Waals surface area contributed by atoms with Crippen LogP contribution < -0.4 is 20.9 Å². The van der Waals surface area contributed by atoms with Crippen LogP contribution in [0, 0.1) is 0 Å². The molecule has 0 radical (unpaired) electrons. The van der Waals surface area contributed by atoms with Crippen molar-refractivity contribution >= 4 is 40.3 Å². The lowest BCUT2D eigenvalue weighted by Crippen LogP contribution is -2.36. The second-order valence-electron chi connectivity index (χ2n) is 6.90. The number of carbonyl (C=O) groups excluding carboxylic acids is 1. The van der Waals surface area contributed by atoms with Gasteiger partial charge in [0.05, 0.1) is 17.6 Å². The van der Waals surface area contributed by atoms with E-state index in [0.29, 0.717) is 28.6 Å². The first-order valence-electron chi connectivity index (χ1n) is 9.91. The summed E-state index contributed by atoms with van der Waals surface area (Å²) >= 11 is 7.30. The Bertz CT molecular complexity index is 1230. The minimum Gasteiger partial charge on any atom is -0.496 e. The first-order chi connectivity index (χ1) is 15.7. The molecule has 3 rings (SSSR count). The van der Waals surface area contributed by atoms with E-state index in [4.69, 9.17) is 16.3 Å². The van der Waals surface area contributed by atoms with E-state index in [9.17, 15) is 22.8 Å². The van der Waals surface area contributed by atoms with E-state index < -0.39 is 17.3 Å². The average molecular weight is 500 g/mol. The van der Waals surface area contributed by atoms with Gasteiger partial charge >= 0.3 is 12.2 Å². The summed E-state index contributed by atoms with van der Waals surface area (Å²) in [5.74, 6) is 0.659. The number of rotatable bonds is 7. The zero-order valence-corrected chi connectivity index (χ0v) is 19.3. The number of amides is 2. The van der Waals surface area contributed by atoms with Gasteiger partial charge in [-0.2, -0.15) is 13.2 Å². The van der Waals surface area contributed by atoms with Crippen LogP contribution in [0.25, 0.3) is 22.0 Å². The van der Waals surface area contributed by atoms with Crippen LogP contribution in [0.3, 0.4) is 0 Å². The molecule has 11 heteroatoms. The van der Waals surface area contributed by atoms with Gasteiger partial charge in [0, 0.05) is 45.9 Å². The largest absolute Gasteiger partial charge is 0.496 e. The molecule has 6 nitrogen and oxygen atoms in total. The van der Waals surface area contributed by atoms with Crippen molar-refractivity contribution in [3.05, 3.63) is 57.3 Å². The third-order valence-electron chi connectivity index (χ3n) is 4.70. The second-order valence-corrected chi connectivity index (χ2v) is 8.44. The number of H-pyrrole nitrogens is 1. The van der Waals surface area contributed by atoms with Crippen LogP contribution >= 0.6 is 23.4 Å². The summed E-state index contributed by atoms with van der Waals surface area (Å²) in [5.41, 5.74) is -0.405. The Kier molecular flexibility index (Phi) is 7.80. The lowest BCUT2D eigenvalue weighted by Gasteiger charge is -2.17. The predicted octanol–water partition coefficient (Wildman–Crippen LogP) is 5.29. The van der Waals surface area contributed by atoms with E-state index in [1.807, 2.05) is 0 Å². The van der Waals surface area contributed by atoms with Crippen LogP contribution in [0.15, 0.2) is 46.1 Å². The highest BCUT2D eigenvalue weighted by atomic mass is 35.5. The van der Waals surface area contributed by atoms with Gasteiger partial charge in [-0.25, -0.2) is 4.79 Å². The summed E-state index contributed by atoms with van der Waals surface area (Å²) in [6, 6.07) is 7.51. The van der Waals surface area contributed by atoms with E-state index in [1.165, 1.54) is 13.2 Å². The van der Waals surface area contributed by atoms with E-state index in [-0.39, 0.29) is 33.9 Å². The van der Waals surface area contributed by atoms with Crippen molar-refractivity contribution in [3.63, 3.8) is 0 Å². The predicted molar refractivity (Wildman–Crippen MR) is 124 cm³/mol. The number of alkyl halides is 3. The fraction of sp³-hybridized carbons (Fsp3) is 0.273. The summed E-state index contributed by atoms with van der Waals surface area (Å²) in [4.78, 5) is 27.4. The van der Waals surface area contributed by atoms with Crippen molar-refractivity contribution in [1.29, 1.82) is 0 Å². The van der Waals surface area contributed by atoms with Crippen molar-refractivity contribution in [3.8, 4) is 16.9 Å². The number of fused-ring (bicyclic) bond motifs is 1. The molecule has 0 fully saturated rings. The van der Waals surface area contributed by atoms with Gasteiger partial charge in [0.25, 0.3) is 5.56 Å². The van der Waals surface area contributed by atoms with E-state index in [1.54, 1.807) is 25.1 Å².